The maximum absolute atomic E-state index is 5.92. The van der Waals surface area contributed by atoms with Crippen LogP contribution in [0.3, 0.4) is 0 Å². The molecule has 1 aliphatic rings. The number of hydrogen-bond acceptors (Lipinski definition) is 3. The molecule has 5 aromatic rings. The lowest BCUT2D eigenvalue weighted by atomic mass is 9.96. The van der Waals surface area contributed by atoms with Gasteiger partial charge in [0.05, 0.1) is 23.1 Å². The number of anilines is 1. The van der Waals surface area contributed by atoms with Crippen LogP contribution in [0.15, 0.2) is 133 Å². The zero-order chi connectivity index (χ0) is 25.0. The summed E-state index contributed by atoms with van der Waals surface area (Å²) in [4.78, 5) is 0. The van der Waals surface area contributed by atoms with Crippen LogP contribution in [0.2, 0.25) is 0 Å². The molecule has 0 fully saturated rings. The molecule has 0 bridgehead atoms. The van der Waals surface area contributed by atoms with Crippen LogP contribution >= 0.6 is 12.2 Å². The Kier molecular flexibility index (Phi) is 6.31. The SMILES string of the molecule is S=C(Nc1ccccc1)N1N=C(c2ccccc2)CC1c1cn(-c2ccccc2)nc1-c1ccccc1. The Morgan fingerprint density at radius 1 is 0.730 bits per heavy atom. The number of hydrazone groups is 1. The highest BCUT2D eigenvalue weighted by atomic mass is 32.1. The van der Waals surface area contributed by atoms with E-state index < -0.39 is 0 Å². The van der Waals surface area contributed by atoms with E-state index in [2.05, 4.69) is 47.9 Å². The van der Waals surface area contributed by atoms with E-state index in [-0.39, 0.29) is 6.04 Å². The van der Waals surface area contributed by atoms with Crippen LogP contribution in [0.25, 0.3) is 16.9 Å². The van der Waals surface area contributed by atoms with Crippen molar-refractivity contribution in [3.8, 4) is 16.9 Å². The predicted molar refractivity (Wildman–Crippen MR) is 154 cm³/mol. The first-order valence-corrected chi connectivity index (χ1v) is 12.7. The molecule has 5 nitrogen and oxygen atoms in total. The van der Waals surface area contributed by atoms with Crippen LogP contribution in [0.4, 0.5) is 5.69 Å². The average Bonchev–Trinajstić information content (AvgIpc) is 3.61. The zero-order valence-corrected chi connectivity index (χ0v) is 20.9. The Morgan fingerprint density at radius 3 is 1.95 bits per heavy atom. The fourth-order valence-corrected chi connectivity index (χ4v) is 4.90. The van der Waals surface area contributed by atoms with Crippen molar-refractivity contribution in [2.24, 2.45) is 5.10 Å². The average molecular weight is 500 g/mol. The van der Waals surface area contributed by atoms with E-state index in [1.165, 1.54) is 0 Å². The van der Waals surface area contributed by atoms with Gasteiger partial charge in [0.15, 0.2) is 5.11 Å². The summed E-state index contributed by atoms with van der Waals surface area (Å²) in [7, 11) is 0. The summed E-state index contributed by atoms with van der Waals surface area (Å²) < 4.78 is 1.95. The lowest BCUT2D eigenvalue weighted by Gasteiger charge is -2.24. The quantitative estimate of drug-likeness (QED) is 0.262. The lowest BCUT2D eigenvalue weighted by Crippen LogP contribution is -2.31. The number of thiocarbonyl (C=S) groups is 1. The second-order valence-corrected chi connectivity index (χ2v) is 9.24. The monoisotopic (exact) mass is 499 g/mol. The number of hydrogen-bond donors (Lipinski definition) is 1. The molecular formula is C31H25N5S. The molecule has 0 aliphatic carbocycles. The molecule has 180 valence electrons. The molecule has 6 rings (SSSR count). The Bertz CT molecular complexity index is 1530. The Labute approximate surface area is 221 Å². The van der Waals surface area contributed by atoms with E-state index in [9.17, 15) is 0 Å². The minimum absolute atomic E-state index is 0.119. The van der Waals surface area contributed by atoms with Gasteiger partial charge in [-0.15, -0.1) is 0 Å². The van der Waals surface area contributed by atoms with Crippen molar-refractivity contribution in [1.29, 1.82) is 0 Å². The van der Waals surface area contributed by atoms with E-state index in [1.807, 2.05) is 94.6 Å². The highest BCUT2D eigenvalue weighted by Gasteiger charge is 2.35. The summed E-state index contributed by atoms with van der Waals surface area (Å²) in [5.41, 5.74) is 7.07. The third-order valence-corrected chi connectivity index (χ3v) is 6.71. The van der Waals surface area contributed by atoms with Gasteiger partial charge < -0.3 is 5.32 Å². The van der Waals surface area contributed by atoms with Crippen LogP contribution < -0.4 is 5.32 Å². The standard InChI is InChI=1S/C31H25N5S/c37-31(32-25-17-9-3-10-18-25)36-29(21-28(33-36)23-13-5-1-6-14-23)27-22-35(26-19-11-4-12-20-26)34-30(27)24-15-7-2-8-16-24/h1-20,22,29H,21H2,(H,32,37). The lowest BCUT2D eigenvalue weighted by molar-refractivity contribution is 0.376. The second-order valence-electron chi connectivity index (χ2n) is 8.85. The molecule has 37 heavy (non-hydrogen) atoms. The first-order valence-electron chi connectivity index (χ1n) is 12.2. The number of nitrogens with zero attached hydrogens (tertiary/aromatic N) is 4. The first-order chi connectivity index (χ1) is 18.3. The van der Waals surface area contributed by atoms with Gasteiger partial charge in [-0.1, -0.05) is 97.1 Å². The van der Waals surface area contributed by atoms with Crippen LogP contribution in [0, 0.1) is 0 Å². The summed E-state index contributed by atoms with van der Waals surface area (Å²) in [6, 6.07) is 40.6. The Morgan fingerprint density at radius 2 is 1.30 bits per heavy atom. The van der Waals surface area contributed by atoms with Crippen molar-refractivity contribution in [2.75, 3.05) is 5.32 Å². The molecule has 2 heterocycles. The molecule has 1 aromatic heterocycles. The third kappa shape index (κ3) is 4.79. The fourth-order valence-electron chi connectivity index (χ4n) is 4.61. The third-order valence-electron chi connectivity index (χ3n) is 6.42. The van der Waals surface area contributed by atoms with Gasteiger partial charge in [-0.25, -0.2) is 9.69 Å². The molecule has 0 saturated carbocycles. The number of aromatic nitrogens is 2. The Balaban J connectivity index is 1.44. The summed E-state index contributed by atoms with van der Waals surface area (Å²) in [5, 5.41) is 15.9. The van der Waals surface area contributed by atoms with Crippen LogP contribution in [0.1, 0.15) is 23.6 Å². The van der Waals surface area contributed by atoms with Crippen molar-refractivity contribution in [2.45, 2.75) is 12.5 Å². The molecule has 4 aromatic carbocycles. The molecule has 1 atom stereocenters. The van der Waals surface area contributed by atoms with E-state index in [4.69, 9.17) is 22.4 Å². The molecule has 0 amide bonds. The van der Waals surface area contributed by atoms with Crippen LogP contribution in [-0.4, -0.2) is 25.6 Å². The molecule has 6 heteroatoms. The minimum atomic E-state index is -0.119. The van der Waals surface area contributed by atoms with Gasteiger partial charge in [0, 0.05) is 29.4 Å². The summed E-state index contributed by atoms with van der Waals surface area (Å²) in [6.45, 7) is 0. The highest BCUT2D eigenvalue weighted by Crippen LogP contribution is 2.38. The largest absolute Gasteiger partial charge is 0.331 e. The number of rotatable bonds is 5. The van der Waals surface area contributed by atoms with Crippen LogP contribution in [0.5, 0.6) is 0 Å². The van der Waals surface area contributed by atoms with Crippen molar-refractivity contribution in [3.63, 3.8) is 0 Å². The predicted octanol–water partition coefficient (Wildman–Crippen LogP) is 7.09. The van der Waals surface area contributed by atoms with Gasteiger partial charge in [0.1, 0.15) is 0 Å². The van der Waals surface area contributed by atoms with E-state index in [1.54, 1.807) is 0 Å². The summed E-state index contributed by atoms with van der Waals surface area (Å²) in [6.07, 6.45) is 2.82. The smallest absolute Gasteiger partial charge is 0.194 e. The van der Waals surface area contributed by atoms with Gasteiger partial charge >= 0.3 is 0 Å². The van der Waals surface area contributed by atoms with Gasteiger partial charge in [0.2, 0.25) is 0 Å². The summed E-state index contributed by atoms with van der Waals surface area (Å²) in [5.74, 6) is 0. The molecule has 1 aliphatic heterocycles. The summed E-state index contributed by atoms with van der Waals surface area (Å²) >= 11 is 5.92. The van der Waals surface area contributed by atoms with Gasteiger partial charge in [-0.3, -0.25) is 0 Å². The fraction of sp³-hybridized carbons (Fsp3) is 0.0645. The van der Waals surface area contributed by atoms with Gasteiger partial charge in [-0.2, -0.15) is 10.2 Å². The molecule has 0 radical (unpaired) electrons. The molecule has 0 saturated heterocycles. The number of para-hydroxylation sites is 2. The van der Waals surface area contributed by atoms with Crippen molar-refractivity contribution in [1.82, 2.24) is 14.8 Å². The van der Waals surface area contributed by atoms with Crippen molar-refractivity contribution >= 4 is 28.7 Å². The normalized spacial score (nSPS) is 14.9. The highest BCUT2D eigenvalue weighted by molar-refractivity contribution is 7.80. The first kappa shape index (κ1) is 22.9. The number of benzene rings is 4. The molecule has 1 unspecified atom stereocenters. The van der Waals surface area contributed by atoms with Crippen molar-refractivity contribution in [3.05, 3.63) is 139 Å². The molecule has 0 spiro atoms. The van der Waals surface area contributed by atoms with Gasteiger partial charge in [0.25, 0.3) is 0 Å². The minimum Gasteiger partial charge on any atom is -0.331 e. The zero-order valence-electron chi connectivity index (χ0n) is 20.1. The Hall–Kier alpha value is -4.55. The van der Waals surface area contributed by atoms with Crippen LogP contribution in [-0.2, 0) is 0 Å². The van der Waals surface area contributed by atoms with E-state index >= 15 is 0 Å². The van der Waals surface area contributed by atoms with E-state index in [0.29, 0.717) is 11.5 Å². The topological polar surface area (TPSA) is 45.5 Å². The van der Waals surface area contributed by atoms with Crippen molar-refractivity contribution < 1.29 is 0 Å². The van der Waals surface area contributed by atoms with Gasteiger partial charge in [-0.05, 0) is 42.0 Å². The number of nitrogens with one attached hydrogen (secondary N) is 1. The molecular weight excluding hydrogens is 474 g/mol. The van der Waals surface area contributed by atoms with E-state index in [0.717, 1.165) is 39.5 Å². The maximum Gasteiger partial charge on any atom is 0.194 e. The maximum atomic E-state index is 5.92. The second kappa shape index (κ2) is 10.2. The molecule has 1 N–H and O–H groups in total.